The molecule has 1 fully saturated rings. The maximum atomic E-state index is 11.6. The molecule has 0 aromatic rings. The van der Waals surface area contributed by atoms with E-state index >= 15 is 0 Å². The summed E-state index contributed by atoms with van der Waals surface area (Å²) >= 11 is 0. The predicted molar refractivity (Wildman–Crippen MR) is 51.1 cm³/mol. The second-order valence-corrected chi connectivity index (χ2v) is 3.35. The van der Waals surface area contributed by atoms with E-state index in [-0.39, 0.29) is 12.6 Å². The molecule has 1 aliphatic rings. The Morgan fingerprint density at radius 3 is 2.80 bits per heavy atom. The normalized spacial score (nSPS) is 25.6. The molecule has 5 nitrogen and oxygen atoms in total. The number of ketones is 1. The van der Waals surface area contributed by atoms with E-state index in [1.165, 1.54) is 7.11 Å². The van der Waals surface area contributed by atoms with Crippen LogP contribution in [0.5, 0.6) is 0 Å². The van der Waals surface area contributed by atoms with Crippen molar-refractivity contribution in [3.8, 4) is 0 Å². The number of hydrogen-bond acceptors (Lipinski definition) is 5. The SMILES string of the molecule is CCOC(=O)C1CCC(OCOC)C1=O. The molecule has 0 saturated heterocycles. The molecule has 0 aromatic heterocycles. The van der Waals surface area contributed by atoms with Crippen molar-refractivity contribution in [2.24, 2.45) is 5.92 Å². The van der Waals surface area contributed by atoms with Crippen LogP contribution in [0, 0.1) is 5.92 Å². The average molecular weight is 216 g/mol. The van der Waals surface area contributed by atoms with Gasteiger partial charge in [-0.2, -0.15) is 0 Å². The highest BCUT2D eigenvalue weighted by Gasteiger charge is 2.40. The summed E-state index contributed by atoms with van der Waals surface area (Å²) in [7, 11) is 1.49. The van der Waals surface area contributed by atoms with Crippen molar-refractivity contribution in [1.29, 1.82) is 0 Å². The molecule has 86 valence electrons. The minimum absolute atomic E-state index is 0.0753. The van der Waals surface area contributed by atoms with Crippen LogP contribution in [0.25, 0.3) is 0 Å². The van der Waals surface area contributed by atoms with Gasteiger partial charge in [-0.25, -0.2) is 0 Å². The van der Waals surface area contributed by atoms with Crippen molar-refractivity contribution < 1.29 is 23.8 Å². The maximum Gasteiger partial charge on any atom is 0.316 e. The highest BCUT2D eigenvalue weighted by molar-refractivity contribution is 6.02. The lowest BCUT2D eigenvalue weighted by molar-refractivity contribution is -0.153. The fourth-order valence-corrected chi connectivity index (χ4v) is 1.62. The molecule has 15 heavy (non-hydrogen) atoms. The first-order valence-corrected chi connectivity index (χ1v) is 5.01. The zero-order chi connectivity index (χ0) is 11.3. The van der Waals surface area contributed by atoms with Gasteiger partial charge in [-0.1, -0.05) is 0 Å². The van der Waals surface area contributed by atoms with Crippen LogP contribution >= 0.6 is 0 Å². The van der Waals surface area contributed by atoms with E-state index < -0.39 is 18.0 Å². The molecule has 2 atom stereocenters. The third kappa shape index (κ3) is 3.00. The molecule has 0 heterocycles. The van der Waals surface area contributed by atoms with E-state index in [2.05, 4.69) is 0 Å². The molecule has 0 N–H and O–H groups in total. The van der Waals surface area contributed by atoms with Gasteiger partial charge in [-0.05, 0) is 19.8 Å². The number of rotatable bonds is 5. The van der Waals surface area contributed by atoms with E-state index in [1.54, 1.807) is 6.92 Å². The maximum absolute atomic E-state index is 11.6. The van der Waals surface area contributed by atoms with Crippen molar-refractivity contribution in [3.05, 3.63) is 0 Å². The Bertz CT molecular complexity index is 238. The van der Waals surface area contributed by atoms with Crippen LogP contribution in [0.3, 0.4) is 0 Å². The van der Waals surface area contributed by atoms with Crippen LogP contribution in [0.2, 0.25) is 0 Å². The van der Waals surface area contributed by atoms with E-state index in [0.717, 1.165) is 0 Å². The quantitative estimate of drug-likeness (QED) is 0.381. The largest absolute Gasteiger partial charge is 0.465 e. The minimum Gasteiger partial charge on any atom is -0.465 e. The molecule has 0 amide bonds. The summed E-state index contributed by atoms with van der Waals surface area (Å²) in [5.74, 6) is -1.27. The van der Waals surface area contributed by atoms with Crippen molar-refractivity contribution in [3.63, 3.8) is 0 Å². The first kappa shape index (κ1) is 12.1. The number of methoxy groups -OCH3 is 1. The second kappa shape index (κ2) is 5.82. The van der Waals surface area contributed by atoms with E-state index in [0.29, 0.717) is 19.4 Å². The Morgan fingerprint density at radius 1 is 1.47 bits per heavy atom. The highest BCUT2D eigenvalue weighted by Crippen LogP contribution is 2.25. The molecule has 1 aliphatic carbocycles. The second-order valence-electron chi connectivity index (χ2n) is 3.35. The Kier molecular flexibility index (Phi) is 4.71. The molecule has 0 spiro atoms. The molecule has 1 rings (SSSR count). The lowest BCUT2D eigenvalue weighted by Gasteiger charge is -2.10. The van der Waals surface area contributed by atoms with Gasteiger partial charge in [0.2, 0.25) is 0 Å². The lowest BCUT2D eigenvalue weighted by atomic mass is 10.1. The highest BCUT2D eigenvalue weighted by atomic mass is 16.7. The van der Waals surface area contributed by atoms with E-state index in [9.17, 15) is 9.59 Å². The van der Waals surface area contributed by atoms with Gasteiger partial charge in [0.15, 0.2) is 5.78 Å². The molecule has 0 bridgehead atoms. The van der Waals surface area contributed by atoms with Crippen LogP contribution < -0.4 is 0 Å². The first-order chi connectivity index (χ1) is 7.20. The molecule has 5 heteroatoms. The van der Waals surface area contributed by atoms with Crippen LogP contribution in [-0.2, 0) is 23.8 Å². The van der Waals surface area contributed by atoms with Crippen molar-refractivity contribution in [2.75, 3.05) is 20.5 Å². The van der Waals surface area contributed by atoms with Crippen molar-refractivity contribution in [1.82, 2.24) is 0 Å². The van der Waals surface area contributed by atoms with Gasteiger partial charge in [0.05, 0.1) is 6.61 Å². The standard InChI is InChI=1S/C10H16O5/c1-3-14-10(12)7-4-5-8(9(7)11)15-6-13-2/h7-8H,3-6H2,1-2H3. The van der Waals surface area contributed by atoms with Gasteiger partial charge < -0.3 is 14.2 Å². The summed E-state index contributed by atoms with van der Waals surface area (Å²) in [4.78, 5) is 23.0. The van der Waals surface area contributed by atoms with Gasteiger partial charge >= 0.3 is 5.97 Å². The molecular formula is C10H16O5. The topological polar surface area (TPSA) is 61.8 Å². The van der Waals surface area contributed by atoms with Crippen molar-refractivity contribution in [2.45, 2.75) is 25.9 Å². The lowest BCUT2D eigenvalue weighted by Crippen LogP contribution is -2.28. The van der Waals surface area contributed by atoms with Gasteiger partial charge in [0.25, 0.3) is 0 Å². The molecule has 0 aliphatic heterocycles. The van der Waals surface area contributed by atoms with Gasteiger partial charge in [0.1, 0.15) is 18.8 Å². The van der Waals surface area contributed by atoms with Crippen LogP contribution in [0.15, 0.2) is 0 Å². The Balaban J connectivity index is 2.44. The van der Waals surface area contributed by atoms with Crippen LogP contribution in [0.4, 0.5) is 0 Å². The van der Waals surface area contributed by atoms with Gasteiger partial charge in [0, 0.05) is 7.11 Å². The minimum atomic E-state index is -0.646. The summed E-state index contributed by atoms with van der Waals surface area (Å²) in [5, 5.41) is 0. The Hall–Kier alpha value is -0.940. The van der Waals surface area contributed by atoms with Crippen LogP contribution in [-0.4, -0.2) is 38.4 Å². The number of esters is 1. The van der Waals surface area contributed by atoms with E-state index in [1.807, 2.05) is 0 Å². The third-order valence-electron chi connectivity index (χ3n) is 2.34. The predicted octanol–water partition coefficient (Wildman–Crippen LogP) is 0.518. The summed E-state index contributed by atoms with van der Waals surface area (Å²) in [6.45, 7) is 2.09. The molecule has 1 saturated carbocycles. The van der Waals surface area contributed by atoms with E-state index in [4.69, 9.17) is 14.2 Å². The Labute approximate surface area is 88.7 Å². The number of Topliss-reactive ketones (excluding diaryl/α,β-unsaturated/α-hetero) is 1. The van der Waals surface area contributed by atoms with Crippen molar-refractivity contribution >= 4 is 11.8 Å². The fourth-order valence-electron chi connectivity index (χ4n) is 1.62. The average Bonchev–Trinajstić information content (AvgIpc) is 2.57. The Morgan fingerprint density at radius 2 is 2.20 bits per heavy atom. The summed E-state index contributed by atoms with van der Waals surface area (Å²) in [6.07, 6.45) is 0.553. The zero-order valence-electron chi connectivity index (χ0n) is 9.02. The number of ether oxygens (including phenoxy) is 3. The summed E-state index contributed by atoms with van der Waals surface area (Å²) in [6, 6.07) is 0. The molecule has 0 radical (unpaired) electrons. The third-order valence-corrected chi connectivity index (χ3v) is 2.34. The summed E-state index contributed by atoms with van der Waals surface area (Å²) < 4.78 is 14.7. The first-order valence-electron chi connectivity index (χ1n) is 5.01. The monoisotopic (exact) mass is 216 g/mol. The number of carbonyl (C=O) groups excluding carboxylic acids is 2. The fraction of sp³-hybridized carbons (Fsp3) is 0.800. The zero-order valence-corrected chi connectivity index (χ0v) is 9.02. The van der Waals surface area contributed by atoms with Gasteiger partial charge in [-0.15, -0.1) is 0 Å². The molecule has 2 unspecified atom stereocenters. The molecular weight excluding hydrogens is 200 g/mol. The smallest absolute Gasteiger partial charge is 0.316 e. The van der Waals surface area contributed by atoms with Gasteiger partial charge in [-0.3, -0.25) is 9.59 Å². The summed E-state index contributed by atoms with van der Waals surface area (Å²) in [5.41, 5.74) is 0. The number of carbonyl (C=O) groups is 2. The number of hydrogen-bond donors (Lipinski definition) is 0. The van der Waals surface area contributed by atoms with Crippen LogP contribution in [0.1, 0.15) is 19.8 Å². The molecule has 0 aromatic carbocycles.